The first kappa shape index (κ1) is 16.2. The number of Topliss-reactive ketones (excluding diaryl/α,β-unsaturated/α-hetero) is 1. The molecule has 2 heteroatoms. The van der Waals surface area contributed by atoms with Gasteiger partial charge in [0.05, 0.1) is 0 Å². The zero-order valence-electron chi connectivity index (χ0n) is 14.5. The molecule has 3 saturated carbocycles. The molecule has 3 fully saturated rings. The van der Waals surface area contributed by atoms with Crippen molar-refractivity contribution >= 4 is 5.78 Å². The van der Waals surface area contributed by atoms with E-state index in [0.717, 1.165) is 25.7 Å². The van der Waals surface area contributed by atoms with E-state index in [1.807, 2.05) is 0 Å². The van der Waals surface area contributed by atoms with Gasteiger partial charge in [-0.1, -0.05) is 33.3 Å². The van der Waals surface area contributed by atoms with Gasteiger partial charge in [0.2, 0.25) is 0 Å². The summed E-state index contributed by atoms with van der Waals surface area (Å²) in [6, 6.07) is 0. The van der Waals surface area contributed by atoms with E-state index in [1.165, 1.54) is 12.8 Å². The molecule has 124 valence electrons. The first-order chi connectivity index (χ1) is 10.3. The minimum Gasteiger partial charge on any atom is -0.396 e. The normalized spacial score (nSPS) is 51.8. The number of carbonyl (C=O) groups is 1. The summed E-state index contributed by atoms with van der Waals surface area (Å²) in [6.07, 6.45) is 9.53. The van der Waals surface area contributed by atoms with Gasteiger partial charge in [-0.25, -0.2) is 0 Å². The van der Waals surface area contributed by atoms with Crippen LogP contribution in [-0.4, -0.2) is 17.5 Å². The van der Waals surface area contributed by atoms with E-state index in [4.69, 9.17) is 0 Å². The maximum Gasteiger partial charge on any atom is 0.136 e. The quantitative estimate of drug-likeness (QED) is 0.769. The topological polar surface area (TPSA) is 37.3 Å². The molecule has 0 heterocycles. The highest BCUT2D eigenvalue weighted by Crippen LogP contribution is 2.64. The molecular formula is C20H32O2. The van der Waals surface area contributed by atoms with Crippen LogP contribution in [0, 0.1) is 34.0 Å². The van der Waals surface area contributed by atoms with Crippen LogP contribution in [0.1, 0.15) is 65.7 Å². The van der Waals surface area contributed by atoms with Crippen molar-refractivity contribution < 1.29 is 9.90 Å². The fourth-order valence-corrected chi connectivity index (χ4v) is 6.23. The van der Waals surface area contributed by atoms with E-state index in [0.29, 0.717) is 24.0 Å². The third-order valence-corrected chi connectivity index (χ3v) is 7.82. The van der Waals surface area contributed by atoms with Crippen molar-refractivity contribution in [2.24, 2.45) is 34.0 Å². The molecular weight excluding hydrogens is 272 g/mol. The number of aliphatic hydroxyl groups is 1. The van der Waals surface area contributed by atoms with Crippen molar-refractivity contribution in [2.75, 3.05) is 6.61 Å². The molecule has 0 aromatic carbocycles. The van der Waals surface area contributed by atoms with Gasteiger partial charge >= 0.3 is 0 Å². The molecule has 0 aromatic heterocycles. The van der Waals surface area contributed by atoms with Crippen LogP contribution in [-0.2, 0) is 4.79 Å². The first-order valence-corrected chi connectivity index (χ1v) is 9.05. The molecule has 0 radical (unpaired) electrons. The lowest BCUT2D eigenvalue weighted by atomic mass is 9.43. The third-order valence-electron chi connectivity index (χ3n) is 7.82. The van der Waals surface area contributed by atoms with Crippen molar-refractivity contribution in [3.05, 3.63) is 12.7 Å². The van der Waals surface area contributed by atoms with Gasteiger partial charge in [0.15, 0.2) is 0 Å². The lowest BCUT2D eigenvalue weighted by Crippen LogP contribution is -2.58. The molecule has 0 aromatic rings. The number of ketones is 1. The second-order valence-electron chi connectivity index (χ2n) is 9.21. The third kappa shape index (κ3) is 2.21. The standard InChI is InChI=1S/C20H32O2/c1-5-18(2)10-7-15-14(12-18)16(22)11-17-19(3,13-21)8-6-9-20(15,17)4/h5,14-15,17,21H,1,6-13H2,2-4H3/t14-,15-,17-,18-,19+,20-/m0/s1. The predicted octanol–water partition coefficient (Wildman–Crippen LogP) is 4.37. The number of carbonyl (C=O) groups excluding carboxylic acids is 1. The molecule has 1 N–H and O–H groups in total. The Kier molecular flexibility index (Phi) is 3.83. The van der Waals surface area contributed by atoms with Crippen LogP contribution in [0.5, 0.6) is 0 Å². The van der Waals surface area contributed by atoms with Crippen LogP contribution in [0.25, 0.3) is 0 Å². The van der Waals surface area contributed by atoms with Crippen molar-refractivity contribution in [3.63, 3.8) is 0 Å². The van der Waals surface area contributed by atoms with Gasteiger partial charge in [0.1, 0.15) is 5.78 Å². The first-order valence-electron chi connectivity index (χ1n) is 9.05. The van der Waals surface area contributed by atoms with Crippen molar-refractivity contribution in [1.82, 2.24) is 0 Å². The summed E-state index contributed by atoms with van der Waals surface area (Å²) in [5, 5.41) is 9.98. The van der Waals surface area contributed by atoms with Gasteiger partial charge in [-0.15, -0.1) is 6.58 Å². The van der Waals surface area contributed by atoms with Gasteiger partial charge in [0.25, 0.3) is 0 Å². The second kappa shape index (κ2) is 5.19. The molecule has 22 heavy (non-hydrogen) atoms. The number of aliphatic hydroxyl groups excluding tert-OH is 1. The van der Waals surface area contributed by atoms with Gasteiger partial charge in [-0.05, 0) is 60.2 Å². The highest BCUT2D eigenvalue weighted by atomic mass is 16.3. The van der Waals surface area contributed by atoms with Gasteiger partial charge in [-0.3, -0.25) is 4.79 Å². The Morgan fingerprint density at radius 2 is 2.00 bits per heavy atom. The molecule has 2 nitrogen and oxygen atoms in total. The number of hydrogen-bond donors (Lipinski definition) is 1. The maximum absolute atomic E-state index is 12.9. The van der Waals surface area contributed by atoms with Crippen LogP contribution in [0.4, 0.5) is 0 Å². The van der Waals surface area contributed by atoms with E-state index < -0.39 is 0 Å². The summed E-state index contributed by atoms with van der Waals surface area (Å²) in [4.78, 5) is 12.9. The predicted molar refractivity (Wildman–Crippen MR) is 89.4 cm³/mol. The maximum atomic E-state index is 12.9. The van der Waals surface area contributed by atoms with E-state index in [2.05, 4.69) is 33.4 Å². The summed E-state index contributed by atoms with van der Waals surface area (Å²) < 4.78 is 0. The number of hydrogen-bond acceptors (Lipinski definition) is 2. The Morgan fingerprint density at radius 1 is 1.27 bits per heavy atom. The van der Waals surface area contributed by atoms with Gasteiger partial charge in [0, 0.05) is 18.9 Å². The molecule has 0 amide bonds. The van der Waals surface area contributed by atoms with E-state index in [1.54, 1.807) is 0 Å². The zero-order valence-corrected chi connectivity index (χ0v) is 14.5. The number of fused-ring (bicyclic) bond motifs is 3. The minimum atomic E-state index is -0.0627. The Labute approximate surface area is 135 Å². The van der Waals surface area contributed by atoms with E-state index in [-0.39, 0.29) is 28.8 Å². The lowest BCUT2D eigenvalue weighted by molar-refractivity contribution is -0.162. The van der Waals surface area contributed by atoms with Gasteiger partial charge < -0.3 is 5.11 Å². The fraction of sp³-hybridized carbons (Fsp3) is 0.850. The van der Waals surface area contributed by atoms with Crippen molar-refractivity contribution in [2.45, 2.75) is 65.7 Å². The molecule has 0 spiro atoms. The summed E-state index contributed by atoms with van der Waals surface area (Å²) in [7, 11) is 0. The SMILES string of the molecule is C=C[C@@]1(C)CC[C@H]2[C@H](C1)C(=O)C[C@H]1[C@@](C)(CO)CCC[C@@]21C. The van der Waals surface area contributed by atoms with Crippen LogP contribution in [0.15, 0.2) is 12.7 Å². The molecule has 6 atom stereocenters. The Balaban J connectivity index is 1.95. The van der Waals surface area contributed by atoms with E-state index >= 15 is 0 Å². The molecule has 0 unspecified atom stereocenters. The summed E-state index contributed by atoms with van der Waals surface area (Å²) in [5.74, 6) is 1.56. The van der Waals surface area contributed by atoms with Crippen LogP contribution in [0.2, 0.25) is 0 Å². The molecule has 3 aliphatic rings. The largest absolute Gasteiger partial charge is 0.396 e. The zero-order chi connectivity index (χ0) is 16.2. The second-order valence-corrected chi connectivity index (χ2v) is 9.21. The summed E-state index contributed by atoms with van der Waals surface area (Å²) in [6.45, 7) is 11.1. The van der Waals surface area contributed by atoms with Gasteiger partial charge in [-0.2, -0.15) is 0 Å². The highest BCUT2D eigenvalue weighted by molar-refractivity contribution is 5.83. The number of allylic oxidation sites excluding steroid dienone is 1. The monoisotopic (exact) mass is 304 g/mol. The highest BCUT2D eigenvalue weighted by Gasteiger charge is 2.59. The number of rotatable bonds is 2. The molecule has 3 rings (SSSR count). The fourth-order valence-electron chi connectivity index (χ4n) is 6.23. The Morgan fingerprint density at radius 3 is 2.64 bits per heavy atom. The molecule has 0 aliphatic heterocycles. The van der Waals surface area contributed by atoms with Crippen molar-refractivity contribution in [3.8, 4) is 0 Å². The summed E-state index contributed by atoms with van der Waals surface area (Å²) >= 11 is 0. The molecule has 3 aliphatic carbocycles. The smallest absolute Gasteiger partial charge is 0.136 e. The minimum absolute atomic E-state index is 0.0627. The van der Waals surface area contributed by atoms with Crippen LogP contribution < -0.4 is 0 Å². The average molecular weight is 304 g/mol. The average Bonchev–Trinajstić information content (AvgIpc) is 2.50. The molecule has 0 bridgehead atoms. The van der Waals surface area contributed by atoms with Crippen molar-refractivity contribution in [1.29, 1.82) is 0 Å². The Bertz CT molecular complexity index is 484. The Hall–Kier alpha value is -0.630. The van der Waals surface area contributed by atoms with Crippen LogP contribution in [0.3, 0.4) is 0 Å². The summed E-state index contributed by atoms with van der Waals surface area (Å²) in [5.41, 5.74) is 0.304. The van der Waals surface area contributed by atoms with Crippen LogP contribution >= 0.6 is 0 Å². The lowest BCUT2D eigenvalue weighted by Gasteiger charge is -2.61. The van der Waals surface area contributed by atoms with E-state index in [9.17, 15) is 9.90 Å². The molecule has 0 saturated heterocycles.